The summed E-state index contributed by atoms with van der Waals surface area (Å²) in [4.78, 5) is 4.75. The van der Waals surface area contributed by atoms with Crippen molar-refractivity contribution in [3.05, 3.63) is 24.3 Å². The lowest BCUT2D eigenvalue weighted by Gasteiger charge is -2.37. The van der Waals surface area contributed by atoms with Crippen LogP contribution in [-0.4, -0.2) is 69.2 Å². The van der Waals surface area contributed by atoms with Crippen molar-refractivity contribution in [1.29, 1.82) is 0 Å². The van der Waals surface area contributed by atoms with Crippen molar-refractivity contribution >= 4 is 5.69 Å². The third-order valence-electron chi connectivity index (χ3n) is 6.81. The fourth-order valence-corrected chi connectivity index (χ4v) is 5.27. The van der Waals surface area contributed by atoms with E-state index in [-0.39, 0.29) is 6.10 Å². The highest BCUT2D eigenvalue weighted by Crippen LogP contribution is 2.48. The molecule has 0 radical (unpaired) electrons. The first-order chi connectivity index (χ1) is 13.2. The topological polar surface area (TPSA) is 45.2 Å². The average molecular weight is 375 g/mol. The summed E-state index contributed by atoms with van der Waals surface area (Å²) in [7, 11) is 1.70. The number of benzene rings is 1. The molecule has 2 bridgehead atoms. The zero-order valence-electron chi connectivity index (χ0n) is 16.6. The number of β-amino-alcohol motifs (C(OH)–C–C–N with tert-alkyl or cyclic N) is 1. The maximum absolute atomic E-state index is 10.4. The number of ether oxygens (including phenoxy) is 2. The predicted octanol–water partition coefficient (Wildman–Crippen LogP) is 2.63. The van der Waals surface area contributed by atoms with Crippen LogP contribution in [0.5, 0.6) is 5.75 Å². The van der Waals surface area contributed by atoms with Crippen LogP contribution in [0.3, 0.4) is 0 Å². The summed E-state index contributed by atoms with van der Waals surface area (Å²) >= 11 is 0. The molecule has 0 amide bonds. The van der Waals surface area contributed by atoms with E-state index in [9.17, 15) is 5.11 Å². The van der Waals surface area contributed by atoms with Crippen LogP contribution in [-0.2, 0) is 4.74 Å². The number of anilines is 1. The molecule has 2 aliphatic carbocycles. The molecule has 0 unspecified atom stereocenters. The van der Waals surface area contributed by atoms with Crippen molar-refractivity contribution in [2.45, 2.75) is 31.8 Å². The smallest absolute Gasteiger partial charge is 0.119 e. The maximum Gasteiger partial charge on any atom is 0.119 e. The van der Waals surface area contributed by atoms with Crippen LogP contribution in [0.1, 0.15) is 25.7 Å². The number of rotatable bonds is 8. The largest absolute Gasteiger partial charge is 0.497 e. The van der Waals surface area contributed by atoms with Gasteiger partial charge >= 0.3 is 0 Å². The van der Waals surface area contributed by atoms with Gasteiger partial charge in [0.05, 0.1) is 19.8 Å². The summed E-state index contributed by atoms with van der Waals surface area (Å²) in [6, 6.07) is 8.26. The second kappa shape index (κ2) is 8.80. The molecule has 1 aliphatic heterocycles. The number of aliphatic hydroxyl groups is 1. The number of aliphatic hydroxyl groups excluding tert-OH is 1. The van der Waals surface area contributed by atoms with Crippen molar-refractivity contribution in [3.63, 3.8) is 0 Å². The van der Waals surface area contributed by atoms with Crippen LogP contribution >= 0.6 is 0 Å². The van der Waals surface area contributed by atoms with Crippen LogP contribution in [0, 0.1) is 17.8 Å². The first kappa shape index (κ1) is 19.0. The molecular formula is C22H34N2O3. The molecule has 1 saturated heterocycles. The van der Waals surface area contributed by atoms with Gasteiger partial charge in [-0.25, -0.2) is 0 Å². The Balaban J connectivity index is 1.13. The van der Waals surface area contributed by atoms with E-state index < -0.39 is 0 Å². The molecule has 1 aromatic carbocycles. The van der Waals surface area contributed by atoms with Crippen LogP contribution < -0.4 is 9.64 Å². The number of hydrogen-bond acceptors (Lipinski definition) is 5. The molecule has 5 nitrogen and oxygen atoms in total. The highest BCUT2D eigenvalue weighted by Gasteiger charge is 2.39. The van der Waals surface area contributed by atoms with Gasteiger partial charge in [0.15, 0.2) is 0 Å². The molecule has 27 heavy (non-hydrogen) atoms. The fraction of sp³-hybridized carbons (Fsp3) is 0.727. The molecule has 5 heteroatoms. The lowest BCUT2D eigenvalue weighted by molar-refractivity contribution is -0.00274. The second-order valence-electron chi connectivity index (χ2n) is 8.61. The second-order valence-corrected chi connectivity index (χ2v) is 8.61. The van der Waals surface area contributed by atoms with Gasteiger partial charge in [-0.2, -0.15) is 0 Å². The average Bonchev–Trinajstić information content (AvgIpc) is 3.32. The Morgan fingerprint density at radius 3 is 2.48 bits per heavy atom. The van der Waals surface area contributed by atoms with E-state index in [4.69, 9.17) is 9.47 Å². The standard InChI is InChI=1S/C22H34N2O3/c1-26-22-6-4-20(5-7-22)24-10-8-23(9-11-24)14-21(25)16-27-15-19-13-17-2-3-18(19)12-17/h4-7,17-19,21,25H,2-3,8-16H2,1H3/t17-,18-,19+,21-/m0/s1. The molecule has 3 aliphatic rings. The first-order valence-corrected chi connectivity index (χ1v) is 10.6. The van der Waals surface area contributed by atoms with Crippen LogP contribution in [0.25, 0.3) is 0 Å². The van der Waals surface area contributed by atoms with E-state index in [2.05, 4.69) is 21.9 Å². The van der Waals surface area contributed by atoms with Gasteiger partial charge in [0.2, 0.25) is 0 Å². The molecule has 1 heterocycles. The predicted molar refractivity (Wildman–Crippen MR) is 107 cm³/mol. The minimum atomic E-state index is -0.379. The van der Waals surface area contributed by atoms with Crippen molar-refractivity contribution in [1.82, 2.24) is 4.90 Å². The SMILES string of the molecule is COc1ccc(N2CCN(C[C@H](O)COC[C@H]3C[C@H]4CC[C@H]3C4)CC2)cc1. The molecule has 150 valence electrons. The summed E-state index contributed by atoms with van der Waals surface area (Å²) in [5, 5.41) is 10.4. The van der Waals surface area contributed by atoms with E-state index in [0.717, 1.165) is 56.3 Å². The quantitative estimate of drug-likeness (QED) is 0.758. The number of hydrogen-bond donors (Lipinski definition) is 1. The molecule has 0 aromatic heterocycles. The minimum Gasteiger partial charge on any atom is -0.497 e. The van der Waals surface area contributed by atoms with Crippen LogP contribution in [0.2, 0.25) is 0 Å². The lowest BCUT2D eigenvalue weighted by atomic mass is 9.90. The van der Waals surface area contributed by atoms with Gasteiger partial charge in [0.1, 0.15) is 5.75 Å². The number of fused-ring (bicyclic) bond motifs is 2. The molecule has 2 saturated carbocycles. The van der Waals surface area contributed by atoms with Gasteiger partial charge in [0, 0.05) is 45.0 Å². The van der Waals surface area contributed by atoms with E-state index in [1.54, 1.807) is 7.11 Å². The van der Waals surface area contributed by atoms with Crippen molar-refractivity contribution in [2.75, 3.05) is 57.9 Å². The van der Waals surface area contributed by atoms with Crippen molar-refractivity contribution < 1.29 is 14.6 Å². The monoisotopic (exact) mass is 374 g/mol. The minimum absolute atomic E-state index is 0.379. The molecule has 4 rings (SSSR count). The molecule has 4 atom stereocenters. The van der Waals surface area contributed by atoms with E-state index in [1.165, 1.54) is 31.4 Å². The Labute approximate surface area is 163 Å². The summed E-state index contributed by atoms with van der Waals surface area (Å²) in [5.74, 6) is 3.52. The summed E-state index contributed by atoms with van der Waals surface area (Å²) in [6.45, 7) is 5.99. The Kier molecular flexibility index (Phi) is 6.21. The van der Waals surface area contributed by atoms with Gasteiger partial charge in [-0.15, -0.1) is 0 Å². The van der Waals surface area contributed by atoms with Crippen molar-refractivity contribution in [2.24, 2.45) is 17.8 Å². The Morgan fingerprint density at radius 2 is 1.85 bits per heavy atom. The third kappa shape index (κ3) is 4.76. The normalized spacial score (nSPS) is 29.3. The maximum atomic E-state index is 10.4. The Bertz CT molecular complexity index is 586. The molecule has 0 spiro atoms. The summed E-state index contributed by atoms with van der Waals surface area (Å²) < 4.78 is 11.1. The first-order valence-electron chi connectivity index (χ1n) is 10.6. The highest BCUT2D eigenvalue weighted by molar-refractivity contribution is 5.49. The molecule has 3 fully saturated rings. The van der Waals surface area contributed by atoms with Crippen LogP contribution in [0.15, 0.2) is 24.3 Å². The zero-order chi connectivity index (χ0) is 18.6. The van der Waals surface area contributed by atoms with Gasteiger partial charge in [-0.3, -0.25) is 4.90 Å². The highest BCUT2D eigenvalue weighted by atomic mass is 16.5. The molecular weight excluding hydrogens is 340 g/mol. The zero-order valence-corrected chi connectivity index (χ0v) is 16.6. The van der Waals surface area contributed by atoms with Gasteiger partial charge in [-0.1, -0.05) is 6.42 Å². The number of piperazine rings is 1. The summed E-state index contributed by atoms with van der Waals surface area (Å²) in [5.41, 5.74) is 1.24. The van der Waals surface area contributed by atoms with Crippen LogP contribution in [0.4, 0.5) is 5.69 Å². The third-order valence-corrected chi connectivity index (χ3v) is 6.81. The fourth-order valence-electron chi connectivity index (χ4n) is 5.27. The van der Waals surface area contributed by atoms with Crippen molar-refractivity contribution in [3.8, 4) is 5.75 Å². The number of nitrogens with zero attached hydrogens (tertiary/aromatic N) is 2. The van der Waals surface area contributed by atoms with E-state index in [1.807, 2.05) is 12.1 Å². The van der Waals surface area contributed by atoms with E-state index >= 15 is 0 Å². The number of methoxy groups -OCH3 is 1. The van der Waals surface area contributed by atoms with Gasteiger partial charge < -0.3 is 19.5 Å². The van der Waals surface area contributed by atoms with E-state index in [0.29, 0.717) is 13.2 Å². The Hall–Kier alpha value is -1.30. The Morgan fingerprint density at radius 1 is 1.07 bits per heavy atom. The molecule has 1 N–H and O–H groups in total. The van der Waals surface area contributed by atoms with Gasteiger partial charge in [0.25, 0.3) is 0 Å². The summed E-state index contributed by atoms with van der Waals surface area (Å²) in [6.07, 6.45) is 5.24. The lowest BCUT2D eigenvalue weighted by Crippen LogP contribution is -2.49. The molecule has 1 aromatic rings. The van der Waals surface area contributed by atoms with Gasteiger partial charge in [-0.05, 0) is 61.3 Å².